The predicted molar refractivity (Wildman–Crippen MR) is 98.9 cm³/mol. The summed E-state index contributed by atoms with van der Waals surface area (Å²) in [6.45, 7) is 6.29. The van der Waals surface area contributed by atoms with Crippen LogP contribution in [0.5, 0.6) is 5.75 Å². The minimum atomic E-state index is 0.956. The van der Waals surface area contributed by atoms with Crippen LogP contribution in [0.15, 0.2) is 42.6 Å². The van der Waals surface area contributed by atoms with E-state index in [9.17, 15) is 0 Å². The highest BCUT2D eigenvalue weighted by atomic mass is 16.5. The molecule has 0 unspecified atom stereocenters. The molecule has 2 aromatic carbocycles. The fourth-order valence-corrected chi connectivity index (χ4v) is 4.36. The molecule has 1 aliphatic heterocycles. The Balaban J connectivity index is 1.99. The first-order valence-electron chi connectivity index (χ1n) is 8.45. The zero-order valence-electron chi connectivity index (χ0n) is 14.3. The van der Waals surface area contributed by atoms with Gasteiger partial charge in [-0.25, -0.2) is 0 Å². The molecule has 0 bridgehead atoms. The van der Waals surface area contributed by atoms with Crippen molar-refractivity contribution >= 4 is 21.8 Å². The van der Waals surface area contributed by atoms with Crippen LogP contribution in [-0.2, 0) is 13.1 Å². The van der Waals surface area contributed by atoms with Crippen molar-refractivity contribution in [2.45, 2.75) is 26.9 Å². The normalized spacial score (nSPS) is 13.3. The van der Waals surface area contributed by atoms with Gasteiger partial charge in [-0.15, -0.1) is 0 Å². The number of ether oxygens (including phenoxy) is 1. The molecule has 3 nitrogen and oxygen atoms in total. The van der Waals surface area contributed by atoms with E-state index in [0.717, 1.165) is 18.8 Å². The van der Waals surface area contributed by atoms with Gasteiger partial charge in [0.05, 0.1) is 23.8 Å². The molecule has 0 N–H and O–H groups in total. The molecule has 3 heteroatoms. The molecular weight excluding hydrogens is 296 g/mol. The van der Waals surface area contributed by atoms with Crippen molar-refractivity contribution in [2.75, 3.05) is 7.11 Å². The van der Waals surface area contributed by atoms with E-state index in [0.29, 0.717) is 0 Å². The van der Waals surface area contributed by atoms with Gasteiger partial charge in [-0.2, -0.15) is 0 Å². The van der Waals surface area contributed by atoms with Crippen LogP contribution in [0.25, 0.3) is 33.1 Å². The number of hydrogen-bond acceptors (Lipinski definition) is 1. The largest absolute Gasteiger partial charge is 0.494 e. The van der Waals surface area contributed by atoms with Gasteiger partial charge in [0.15, 0.2) is 0 Å². The van der Waals surface area contributed by atoms with Crippen LogP contribution in [0.1, 0.15) is 11.1 Å². The van der Waals surface area contributed by atoms with Gasteiger partial charge < -0.3 is 13.9 Å². The highest BCUT2D eigenvalue weighted by Crippen LogP contribution is 2.42. The second-order valence-corrected chi connectivity index (χ2v) is 6.69. The Morgan fingerprint density at radius 2 is 1.83 bits per heavy atom. The van der Waals surface area contributed by atoms with Crippen molar-refractivity contribution in [1.29, 1.82) is 0 Å². The van der Waals surface area contributed by atoms with Crippen LogP contribution in [0, 0.1) is 13.8 Å². The molecule has 0 fully saturated rings. The summed E-state index contributed by atoms with van der Waals surface area (Å²) in [7, 11) is 1.78. The lowest BCUT2D eigenvalue weighted by atomic mass is 10.0. The molecule has 0 saturated carbocycles. The van der Waals surface area contributed by atoms with E-state index in [-0.39, 0.29) is 0 Å². The Morgan fingerprint density at radius 3 is 2.67 bits per heavy atom. The van der Waals surface area contributed by atoms with E-state index in [1.54, 1.807) is 7.11 Å². The molecular formula is C21H20N2O. The maximum absolute atomic E-state index is 5.78. The SMILES string of the molecule is COc1c(C)ccc2c(C)c3n(c12)CCn1ccc2cccc-3c21. The lowest BCUT2D eigenvalue weighted by Crippen LogP contribution is -2.05. The summed E-state index contributed by atoms with van der Waals surface area (Å²) in [6, 6.07) is 13.2. The number of hydrogen-bond donors (Lipinski definition) is 0. The summed E-state index contributed by atoms with van der Waals surface area (Å²) in [6.07, 6.45) is 2.21. The van der Waals surface area contributed by atoms with Gasteiger partial charge in [0, 0.05) is 35.6 Å². The fraction of sp³-hybridized carbons (Fsp3) is 0.238. The first kappa shape index (κ1) is 13.7. The van der Waals surface area contributed by atoms with E-state index in [1.807, 2.05) is 0 Å². The lowest BCUT2D eigenvalue weighted by Gasteiger charge is -2.12. The van der Waals surface area contributed by atoms with Gasteiger partial charge in [-0.05, 0) is 31.0 Å². The number of para-hydroxylation sites is 1. The second kappa shape index (κ2) is 4.67. The Labute approximate surface area is 141 Å². The molecule has 5 rings (SSSR count). The van der Waals surface area contributed by atoms with Crippen LogP contribution in [0.2, 0.25) is 0 Å². The zero-order valence-corrected chi connectivity index (χ0v) is 14.3. The molecule has 24 heavy (non-hydrogen) atoms. The van der Waals surface area contributed by atoms with Gasteiger partial charge >= 0.3 is 0 Å². The maximum Gasteiger partial charge on any atom is 0.146 e. The third-order valence-electron chi connectivity index (χ3n) is 5.44. The highest BCUT2D eigenvalue weighted by Gasteiger charge is 2.24. The molecule has 0 atom stereocenters. The van der Waals surface area contributed by atoms with Crippen LogP contribution >= 0.6 is 0 Å². The average Bonchev–Trinajstić information content (AvgIpc) is 3.06. The first-order valence-corrected chi connectivity index (χ1v) is 8.45. The highest BCUT2D eigenvalue weighted by molar-refractivity contribution is 6.02. The smallest absolute Gasteiger partial charge is 0.146 e. The molecule has 0 amide bonds. The van der Waals surface area contributed by atoms with Gasteiger partial charge in [-0.3, -0.25) is 0 Å². The number of aryl methyl sites for hydroxylation is 4. The fourth-order valence-electron chi connectivity index (χ4n) is 4.36. The van der Waals surface area contributed by atoms with Gasteiger partial charge in [0.1, 0.15) is 5.75 Å². The summed E-state index contributed by atoms with van der Waals surface area (Å²) < 4.78 is 10.6. The van der Waals surface area contributed by atoms with Crippen molar-refractivity contribution < 1.29 is 4.74 Å². The minimum absolute atomic E-state index is 0.956. The van der Waals surface area contributed by atoms with Crippen molar-refractivity contribution in [1.82, 2.24) is 9.13 Å². The standard InChI is InChI=1S/C21H20N2O/c1-13-7-8-16-14(2)18-17-6-4-5-15-9-10-22(19(15)17)11-12-23(18)20(16)21(13)24-3/h4-10H,11-12H2,1-3H3. The second-order valence-electron chi connectivity index (χ2n) is 6.69. The van der Waals surface area contributed by atoms with E-state index in [1.165, 1.54) is 44.2 Å². The van der Waals surface area contributed by atoms with Crippen LogP contribution < -0.4 is 4.74 Å². The predicted octanol–water partition coefficient (Wildman–Crippen LogP) is 4.90. The average molecular weight is 316 g/mol. The minimum Gasteiger partial charge on any atom is -0.494 e. The molecule has 4 aromatic rings. The lowest BCUT2D eigenvalue weighted by molar-refractivity contribution is 0.414. The number of benzene rings is 2. The molecule has 3 heterocycles. The first-order chi connectivity index (χ1) is 11.7. The number of aromatic nitrogens is 2. The molecule has 0 radical (unpaired) electrons. The van der Waals surface area contributed by atoms with Crippen LogP contribution in [0.3, 0.4) is 0 Å². The van der Waals surface area contributed by atoms with E-state index in [4.69, 9.17) is 4.74 Å². The summed E-state index contributed by atoms with van der Waals surface area (Å²) in [4.78, 5) is 0. The monoisotopic (exact) mass is 316 g/mol. The summed E-state index contributed by atoms with van der Waals surface area (Å²) in [5.74, 6) is 1.00. The Bertz CT molecular complexity index is 1110. The zero-order chi connectivity index (χ0) is 16.4. The molecule has 0 aliphatic carbocycles. The number of methoxy groups -OCH3 is 1. The molecule has 120 valence electrons. The van der Waals surface area contributed by atoms with E-state index in [2.05, 4.69) is 65.6 Å². The third-order valence-corrected chi connectivity index (χ3v) is 5.44. The Kier molecular flexibility index (Phi) is 2.67. The van der Waals surface area contributed by atoms with Crippen molar-refractivity contribution in [3.63, 3.8) is 0 Å². The van der Waals surface area contributed by atoms with Crippen molar-refractivity contribution in [3.8, 4) is 17.0 Å². The molecule has 1 aliphatic rings. The number of rotatable bonds is 1. The Morgan fingerprint density at radius 1 is 0.958 bits per heavy atom. The van der Waals surface area contributed by atoms with Crippen molar-refractivity contribution in [2.24, 2.45) is 0 Å². The summed E-state index contributed by atoms with van der Waals surface area (Å²) >= 11 is 0. The van der Waals surface area contributed by atoms with Crippen molar-refractivity contribution in [3.05, 3.63) is 53.7 Å². The molecule has 2 aromatic heterocycles. The van der Waals surface area contributed by atoms with Gasteiger partial charge in [0.2, 0.25) is 0 Å². The van der Waals surface area contributed by atoms with Crippen LogP contribution in [0.4, 0.5) is 0 Å². The third kappa shape index (κ3) is 1.57. The summed E-state index contributed by atoms with van der Waals surface area (Å²) in [5.41, 5.74) is 7.75. The summed E-state index contributed by atoms with van der Waals surface area (Å²) in [5, 5.41) is 2.61. The van der Waals surface area contributed by atoms with Gasteiger partial charge in [0.25, 0.3) is 0 Å². The maximum atomic E-state index is 5.78. The molecule has 0 saturated heterocycles. The number of fused-ring (bicyclic) bond motifs is 4. The quantitative estimate of drug-likeness (QED) is 0.488. The van der Waals surface area contributed by atoms with E-state index >= 15 is 0 Å². The van der Waals surface area contributed by atoms with E-state index < -0.39 is 0 Å². The van der Waals surface area contributed by atoms with Gasteiger partial charge in [-0.1, -0.05) is 30.3 Å². The number of nitrogens with zero attached hydrogens (tertiary/aromatic N) is 2. The topological polar surface area (TPSA) is 19.1 Å². The molecule has 0 spiro atoms. The Hall–Kier alpha value is -2.68. The van der Waals surface area contributed by atoms with Crippen LogP contribution in [-0.4, -0.2) is 16.2 Å².